The number of hydrogen-bond acceptors (Lipinski definition) is 3. The van der Waals surface area contributed by atoms with Crippen molar-refractivity contribution in [3.05, 3.63) is 42.5 Å². The maximum Gasteiger partial charge on any atom is 0.241 e. The maximum atomic E-state index is 12.0. The summed E-state index contributed by atoms with van der Waals surface area (Å²) < 4.78 is 26.4. The first-order valence-corrected chi connectivity index (χ1v) is 7.42. The average molecular weight is 268 g/mol. The Morgan fingerprint density at radius 1 is 1.33 bits per heavy atom. The molecule has 100 valence electrons. The van der Waals surface area contributed by atoms with E-state index in [1.807, 2.05) is 19.1 Å². The van der Waals surface area contributed by atoms with Crippen molar-refractivity contribution in [2.24, 2.45) is 0 Å². The molecule has 1 rings (SSSR count). The van der Waals surface area contributed by atoms with E-state index in [2.05, 4.69) is 16.6 Å². The van der Waals surface area contributed by atoms with Gasteiger partial charge in [-0.2, -0.15) is 0 Å². The second kappa shape index (κ2) is 6.68. The molecule has 0 bridgehead atoms. The summed E-state index contributed by atoms with van der Waals surface area (Å²) in [5, 5.41) is 3.19. The second-order valence-corrected chi connectivity index (χ2v) is 5.78. The lowest BCUT2D eigenvalue weighted by Gasteiger charge is -2.10. The molecule has 0 fully saturated rings. The first kappa shape index (κ1) is 14.9. The van der Waals surface area contributed by atoms with E-state index in [1.165, 1.54) is 0 Å². The Balaban J connectivity index is 2.80. The van der Waals surface area contributed by atoms with Crippen LogP contribution in [0.3, 0.4) is 0 Å². The summed E-state index contributed by atoms with van der Waals surface area (Å²) in [6, 6.07) is 6.58. The molecular weight excluding hydrogens is 248 g/mol. The number of nitrogens with one attached hydrogen (secondary N) is 2. The van der Waals surface area contributed by atoms with Gasteiger partial charge in [0, 0.05) is 12.6 Å². The number of benzene rings is 1. The molecule has 0 aliphatic carbocycles. The maximum absolute atomic E-state index is 12.0. The van der Waals surface area contributed by atoms with Crippen molar-refractivity contribution in [2.45, 2.75) is 31.3 Å². The summed E-state index contributed by atoms with van der Waals surface area (Å²) in [6.45, 7) is 8.95. The van der Waals surface area contributed by atoms with Crippen molar-refractivity contribution in [1.29, 1.82) is 0 Å². The molecule has 0 aliphatic heterocycles. The van der Waals surface area contributed by atoms with Gasteiger partial charge in [0.05, 0.1) is 4.90 Å². The van der Waals surface area contributed by atoms with Crippen LogP contribution in [0.25, 0.3) is 0 Å². The zero-order valence-electron chi connectivity index (χ0n) is 10.8. The predicted molar refractivity (Wildman–Crippen MR) is 73.8 cm³/mol. The van der Waals surface area contributed by atoms with Gasteiger partial charge in [0.1, 0.15) is 0 Å². The van der Waals surface area contributed by atoms with Crippen LogP contribution in [0.2, 0.25) is 0 Å². The highest BCUT2D eigenvalue weighted by Gasteiger charge is 2.15. The highest BCUT2D eigenvalue weighted by Crippen LogP contribution is 2.11. The smallest absolute Gasteiger partial charge is 0.241 e. The Hall–Kier alpha value is -1.17. The lowest BCUT2D eigenvalue weighted by molar-refractivity contribution is 0.576. The van der Waals surface area contributed by atoms with E-state index in [4.69, 9.17) is 0 Å². The molecular formula is C13H20N2O2S. The molecule has 1 aromatic rings. The first-order valence-electron chi connectivity index (χ1n) is 5.94. The molecule has 0 spiro atoms. The van der Waals surface area contributed by atoms with Crippen LogP contribution in [0.4, 0.5) is 0 Å². The van der Waals surface area contributed by atoms with Crippen LogP contribution < -0.4 is 10.0 Å². The van der Waals surface area contributed by atoms with Gasteiger partial charge < -0.3 is 5.32 Å². The molecule has 1 unspecified atom stereocenters. The third kappa shape index (κ3) is 4.25. The molecule has 0 amide bonds. The van der Waals surface area contributed by atoms with E-state index >= 15 is 0 Å². The quantitative estimate of drug-likeness (QED) is 0.739. The van der Waals surface area contributed by atoms with Crippen LogP contribution in [0, 0.1) is 0 Å². The zero-order valence-corrected chi connectivity index (χ0v) is 11.6. The van der Waals surface area contributed by atoms with Crippen LogP contribution >= 0.6 is 0 Å². The van der Waals surface area contributed by atoms with Crippen molar-refractivity contribution in [2.75, 3.05) is 6.54 Å². The van der Waals surface area contributed by atoms with Gasteiger partial charge in [-0.15, -0.1) is 6.58 Å². The second-order valence-electron chi connectivity index (χ2n) is 4.07. The van der Waals surface area contributed by atoms with Gasteiger partial charge in [-0.25, -0.2) is 13.1 Å². The summed E-state index contributed by atoms with van der Waals surface area (Å²) in [4.78, 5) is 0.274. The standard InChI is InChI=1S/C13H20N2O2S/c1-4-11(3)15-18(16,17)13-8-6-12(7-9-13)10-14-5-2/h4,6-9,11,14-15H,1,5,10H2,2-3H3. The summed E-state index contributed by atoms with van der Waals surface area (Å²) in [5.41, 5.74) is 1.06. The Morgan fingerprint density at radius 3 is 2.44 bits per heavy atom. The number of rotatable bonds is 7. The molecule has 0 saturated carbocycles. The van der Waals surface area contributed by atoms with Gasteiger partial charge in [-0.05, 0) is 31.2 Å². The van der Waals surface area contributed by atoms with Gasteiger partial charge >= 0.3 is 0 Å². The number of sulfonamides is 1. The third-order valence-corrected chi connectivity index (χ3v) is 4.08. The Kier molecular flexibility index (Phi) is 5.53. The fourth-order valence-electron chi connectivity index (χ4n) is 1.42. The first-order chi connectivity index (χ1) is 8.49. The average Bonchev–Trinajstić information content (AvgIpc) is 2.36. The highest BCUT2D eigenvalue weighted by molar-refractivity contribution is 7.89. The molecule has 5 heteroatoms. The normalized spacial score (nSPS) is 13.2. The topological polar surface area (TPSA) is 58.2 Å². The summed E-state index contributed by atoms with van der Waals surface area (Å²) in [6.07, 6.45) is 1.55. The molecule has 1 atom stereocenters. The molecule has 18 heavy (non-hydrogen) atoms. The van der Waals surface area contributed by atoms with Crippen molar-refractivity contribution >= 4 is 10.0 Å². The molecule has 0 saturated heterocycles. The molecule has 2 N–H and O–H groups in total. The van der Waals surface area contributed by atoms with Crippen LogP contribution in [-0.2, 0) is 16.6 Å². The van der Waals surface area contributed by atoms with E-state index in [-0.39, 0.29) is 10.9 Å². The number of hydrogen-bond donors (Lipinski definition) is 2. The molecule has 0 aromatic heterocycles. The van der Waals surface area contributed by atoms with E-state index < -0.39 is 10.0 Å². The molecule has 1 aromatic carbocycles. The van der Waals surface area contributed by atoms with E-state index in [9.17, 15) is 8.42 Å². The monoisotopic (exact) mass is 268 g/mol. The van der Waals surface area contributed by atoms with Crippen LogP contribution in [-0.4, -0.2) is 21.0 Å². The summed E-state index contributed by atoms with van der Waals surface area (Å²) in [7, 11) is -3.45. The minimum absolute atomic E-state index is 0.274. The van der Waals surface area contributed by atoms with Crippen LogP contribution in [0.5, 0.6) is 0 Å². The van der Waals surface area contributed by atoms with Crippen molar-refractivity contribution in [1.82, 2.24) is 10.0 Å². The van der Waals surface area contributed by atoms with Gasteiger partial charge in [0.2, 0.25) is 10.0 Å². The fourth-order valence-corrected chi connectivity index (χ4v) is 2.63. The molecule has 0 aliphatic rings. The lowest BCUT2D eigenvalue weighted by atomic mass is 10.2. The molecule has 0 radical (unpaired) electrons. The van der Waals surface area contributed by atoms with Gasteiger partial charge in [-0.3, -0.25) is 0 Å². The highest BCUT2D eigenvalue weighted by atomic mass is 32.2. The van der Waals surface area contributed by atoms with E-state index in [0.29, 0.717) is 0 Å². The molecule has 0 heterocycles. The Labute approximate surface area is 109 Å². The SMILES string of the molecule is C=CC(C)NS(=O)(=O)c1ccc(CNCC)cc1. The van der Waals surface area contributed by atoms with Crippen molar-refractivity contribution in [3.63, 3.8) is 0 Å². The van der Waals surface area contributed by atoms with Crippen molar-refractivity contribution in [3.8, 4) is 0 Å². The minimum atomic E-state index is -3.45. The van der Waals surface area contributed by atoms with Gasteiger partial charge in [0.15, 0.2) is 0 Å². The van der Waals surface area contributed by atoms with Crippen LogP contribution in [0.1, 0.15) is 19.4 Å². The van der Waals surface area contributed by atoms with Gasteiger partial charge in [0.25, 0.3) is 0 Å². The van der Waals surface area contributed by atoms with Crippen molar-refractivity contribution < 1.29 is 8.42 Å². The Morgan fingerprint density at radius 2 is 1.94 bits per heavy atom. The van der Waals surface area contributed by atoms with E-state index in [1.54, 1.807) is 25.1 Å². The van der Waals surface area contributed by atoms with Crippen LogP contribution in [0.15, 0.2) is 41.8 Å². The predicted octanol–water partition coefficient (Wildman–Crippen LogP) is 1.65. The Bertz CT molecular complexity index is 480. The lowest BCUT2D eigenvalue weighted by Crippen LogP contribution is -2.30. The van der Waals surface area contributed by atoms with E-state index in [0.717, 1.165) is 18.7 Å². The largest absolute Gasteiger partial charge is 0.313 e. The zero-order chi connectivity index (χ0) is 13.6. The summed E-state index contributed by atoms with van der Waals surface area (Å²) in [5.74, 6) is 0. The third-order valence-electron chi connectivity index (χ3n) is 2.51. The molecule has 4 nitrogen and oxygen atoms in total. The summed E-state index contributed by atoms with van der Waals surface area (Å²) >= 11 is 0. The fraction of sp³-hybridized carbons (Fsp3) is 0.385. The minimum Gasteiger partial charge on any atom is -0.313 e. The van der Waals surface area contributed by atoms with Gasteiger partial charge in [-0.1, -0.05) is 25.1 Å².